The molecule has 0 spiro atoms. The molecule has 0 heterocycles. The summed E-state index contributed by atoms with van der Waals surface area (Å²) >= 11 is 0. The lowest BCUT2D eigenvalue weighted by molar-refractivity contribution is 0.183. The fourth-order valence-electron chi connectivity index (χ4n) is 1.85. The van der Waals surface area contributed by atoms with E-state index in [2.05, 4.69) is 10.3 Å². The van der Waals surface area contributed by atoms with E-state index in [1.807, 2.05) is 51.1 Å². The standard InChI is InChI=1S/C14H24N2O3Si/c1-4-12-15-14(17)16-20(18-5-2,19-6-3)13-10-8-7-9-11-13/h7-11H,4-6,12H2,1-3H3,(H2,15,16,17). The number of rotatable bonds is 8. The van der Waals surface area contributed by atoms with E-state index in [1.54, 1.807) is 0 Å². The first-order valence-electron chi connectivity index (χ1n) is 7.08. The van der Waals surface area contributed by atoms with Crippen LogP contribution in [0.15, 0.2) is 30.3 Å². The molecular weight excluding hydrogens is 272 g/mol. The van der Waals surface area contributed by atoms with Crippen molar-refractivity contribution in [3.63, 3.8) is 0 Å². The first-order chi connectivity index (χ1) is 9.68. The maximum absolute atomic E-state index is 12.0. The molecule has 0 aliphatic heterocycles. The Balaban J connectivity index is 2.96. The highest BCUT2D eigenvalue weighted by molar-refractivity contribution is 6.80. The van der Waals surface area contributed by atoms with Crippen LogP contribution >= 0.6 is 0 Å². The quantitative estimate of drug-likeness (QED) is 0.717. The van der Waals surface area contributed by atoms with Crippen LogP contribution in [0, 0.1) is 0 Å². The van der Waals surface area contributed by atoms with Gasteiger partial charge in [-0.2, -0.15) is 0 Å². The van der Waals surface area contributed by atoms with Crippen molar-refractivity contribution in [3.05, 3.63) is 30.3 Å². The molecule has 0 bridgehead atoms. The zero-order valence-corrected chi connectivity index (χ0v) is 13.4. The topological polar surface area (TPSA) is 59.6 Å². The molecular formula is C14H24N2O3Si. The molecule has 0 fully saturated rings. The Labute approximate surface area is 122 Å². The van der Waals surface area contributed by atoms with Crippen molar-refractivity contribution in [1.29, 1.82) is 0 Å². The minimum atomic E-state index is -2.95. The number of hydrogen-bond donors (Lipinski definition) is 2. The van der Waals surface area contributed by atoms with Crippen LogP contribution in [0.2, 0.25) is 0 Å². The predicted octanol–water partition coefficient (Wildman–Crippen LogP) is 1.61. The average Bonchev–Trinajstić information content (AvgIpc) is 2.46. The number of urea groups is 1. The van der Waals surface area contributed by atoms with Gasteiger partial charge in [-0.1, -0.05) is 37.3 Å². The highest BCUT2D eigenvalue weighted by atomic mass is 28.4. The molecule has 20 heavy (non-hydrogen) atoms. The van der Waals surface area contributed by atoms with Gasteiger partial charge in [-0.15, -0.1) is 0 Å². The molecule has 0 radical (unpaired) electrons. The minimum Gasteiger partial charge on any atom is -0.375 e. The fourth-order valence-corrected chi connectivity index (χ4v) is 4.39. The molecule has 0 aliphatic carbocycles. The lowest BCUT2D eigenvalue weighted by Crippen LogP contribution is -2.68. The van der Waals surface area contributed by atoms with Gasteiger partial charge >= 0.3 is 14.8 Å². The second-order valence-electron chi connectivity index (χ2n) is 4.23. The molecule has 5 nitrogen and oxygen atoms in total. The van der Waals surface area contributed by atoms with Gasteiger partial charge in [0.05, 0.1) is 0 Å². The number of hydrogen-bond acceptors (Lipinski definition) is 3. The lowest BCUT2D eigenvalue weighted by atomic mass is 10.4. The van der Waals surface area contributed by atoms with Crippen molar-refractivity contribution in [1.82, 2.24) is 10.3 Å². The highest BCUT2D eigenvalue weighted by Gasteiger charge is 2.43. The Kier molecular flexibility index (Phi) is 7.28. The van der Waals surface area contributed by atoms with Crippen LogP contribution in [-0.2, 0) is 8.85 Å². The van der Waals surface area contributed by atoms with Crippen LogP contribution in [0.5, 0.6) is 0 Å². The van der Waals surface area contributed by atoms with Gasteiger partial charge in [0.1, 0.15) is 0 Å². The van der Waals surface area contributed by atoms with E-state index >= 15 is 0 Å². The Bertz CT molecular complexity index is 395. The Morgan fingerprint density at radius 2 is 1.70 bits per heavy atom. The van der Waals surface area contributed by atoms with Gasteiger partial charge in [-0.05, 0) is 20.3 Å². The number of benzene rings is 1. The maximum Gasteiger partial charge on any atom is 0.496 e. The summed E-state index contributed by atoms with van der Waals surface area (Å²) in [5.41, 5.74) is 0. The molecule has 6 heteroatoms. The van der Waals surface area contributed by atoms with Gasteiger partial charge in [0, 0.05) is 24.9 Å². The third-order valence-corrected chi connectivity index (χ3v) is 5.70. The van der Waals surface area contributed by atoms with E-state index < -0.39 is 8.72 Å². The van der Waals surface area contributed by atoms with Crippen molar-refractivity contribution in [2.24, 2.45) is 0 Å². The molecule has 0 saturated carbocycles. The third kappa shape index (κ3) is 4.63. The number of carbonyl (C=O) groups is 1. The van der Waals surface area contributed by atoms with Gasteiger partial charge in [0.25, 0.3) is 0 Å². The van der Waals surface area contributed by atoms with Gasteiger partial charge < -0.3 is 19.2 Å². The van der Waals surface area contributed by atoms with Crippen LogP contribution < -0.4 is 15.5 Å². The van der Waals surface area contributed by atoms with Crippen molar-refractivity contribution < 1.29 is 13.6 Å². The normalized spacial score (nSPS) is 11.2. The molecule has 2 amide bonds. The SMILES string of the molecule is CCCNC(=O)N[Si](OCC)(OCC)c1ccccc1. The summed E-state index contributed by atoms with van der Waals surface area (Å²) < 4.78 is 11.7. The van der Waals surface area contributed by atoms with Crippen LogP contribution in [0.4, 0.5) is 4.79 Å². The van der Waals surface area contributed by atoms with E-state index in [4.69, 9.17) is 8.85 Å². The fraction of sp³-hybridized carbons (Fsp3) is 0.500. The molecule has 1 rings (SSSR count). The molecule has 0 atom stereocenters. The lowest BCUT2D eigenvalue weighted by Gasteiger charge is -2.30. The minimum absolute atomic E-state index is 0.246. The summed E-state index contributed by atoms with van der Waals surface area (Å²) in [6, 6.07) is 9.37. The summed E-state index contributed by atoms with van der Waals surface area (Å²) in [6.07, 6.45) is 0.885. The van der Waals surface area contributed by atoms with Crippen LogP contribution in [0.3, 0.4) is 0 Å². The molecule has 112 valence electrons. The van der Waals surface area contributed by atoms with Crippen LogP contribution in [0.25, 0.3) is 0 Å². The molecule has 0 saturated heterocycles. The van der Waals surface area contributed by atoms with Gasteiger partial charge in [0.15, 0.2) is 0 Å². The van der Waals surface area contributed by atoms with Crippen molar-refractivity contribution >= 4 is 19.9 Å². The van der Waals surface area contributed by atoms with E-state index in [1.165, 1.54) is 0 Å². The second kappa shape index (κ2) is 8.73. The van der Waals surface area contributed by atoms with Crippen molar-refractivity contribution in [3.8, 4) is 0 Å². The number of amides is 2. The van der Waals surface area contributed by atoms with Crippen molar-refractivity contribution in [2.45, 2.75) is 27.2 Å². The van der Waals surface area contributed by atoms with E-state index in [0.717, 1.165) is 11.6 Å². The Morgan fingerprint density at radius 3 is 2.20 bits per heavy atom. The van der Waals surface area contributed by atoms with Gasteiger partial charge in [-0.3, -0.25) is 0 Å². The van der Waals surface area contributed by atoms with Crippen LogP contribution in [-0.4, -0.2) is 34.5 Å². The first-order valence-corrected chi connectivity index (χ1v) is 8.89. The molecule has 0 aliphatic rings. The molecule has 0 unspecified atom stereocenters. The highest BCUT2D eigenvalue weighted by Crippen LogP contribution is 2.05. The van der Waals surface area contributed by atoms with Crippen molar-refractivity contribution in [2.75, 3.05) is 19.8 Å². The first kappa shape index (κ1) is 16.7. The predicted molar refractivity (Wildman–Crippen MR) is 81.9 cm³/mol. The zero-order valence-electron chi connectivity index (χ0n) is 12.4. The summed E-state index contributed by atoms with van der Waals surface area (Å²) in [4.78, 5) is 14.9. The van der Waals surface area contributed by atoms with Crippen LogP contribution in [0.1, 0.15) is 27.2 Å². The summed E-state index contributed by atoms with van der Waals surface area (Å²) in [5, 5.41) is 3.70. The molecule has 0 aromatic heterocycles. The monoisotopic (exact) mass is 296 g/mol. The maximum atomic E-state index is 12.0. The molecule has 1 aromatic rings. The smallest absolute Gasteiger partial charge is 0.375 e. The van der Waals surface area contributed by atoms with Gasteiger partial charge in [-0.25, -0.2) is 4.79 Å². The third-order valence-electron chi connectivity index (χ3n) is 2.66. The van der Waals surface area contributed by atoms with E-state index in [0.29, 0.717) is 19.8 Å². The van der Waals surface area contributed by atoms with E-state index in [-0.39, 0.29) is 6.03 Å². The zero-order chi connectivity index (χ0) is 14.8. The largest absolute Gasteiger partial charge is 0.496 e. The summed E-state index contributed by atoms with van der Waals surface area (Å²) in [5.74, 6) is 0. The van der Waals surface area contributed by atoms with E-state index in [9.17, 15) is 4.79 Å². The average molecular weight is 296 g/mol. The number of carbonyl (C=O) groups excluding carboxylic acids is 1. The number of nitrogens with one attached hydrogen (secondary N) is 2. The summed E-state index contributed by atoms with van der Waals surface area (Å²) in [6.45, 7) is 7.39. The Hall–Kier alpha value is -1.37. The summed E-state index contributed by atoms with van der Waals surface area (Å²) in [7, 11) is -2.95. The second-order valence-corrected chi connectivity index (χ2v) is 6.87. The van der Waals surface area contributed by atoms with Gasteiger partial charge in [0.2, 0.25) is 0 Å². The Morgan fingerprint density at radius 1 is 1.10 bits per heavy atom. The molecule has 2 N–H and O–H groups in total. The molecule has 1 aromatic carbocycles.